The molecule has 1 amide bonds. The fraction of sp³-hybridized carbons (Fsp3) is 0.650. The fourth-order valence-corrected chi connectivity index (χ4v) is 5.74. The van der Waals surface area contributed by atoms with Crippen molar-refractivity contribution in [2.45, 2.75) is 62.8 Å². The largest absolute Gasteiger partial charge is 0.376 e. The molecule has 5 nitrogen and oxygen atoms in total. The topological polar surface area (TPSA) is 63.7 Å². The van der Waals surface area contributed by atoms with Gasteiger partial charge in [-0.3, -0.25) is 4.79 Å². The number of rotatable bonds is 8. The molecular weight excluding hydrogens is 350 g/mol. The average Bonchev–Trinajstić information content (AvgIpc) is 3.34. The summed E-state index contributed by atoms with van der Waals surface area (Å²) in [5.74, 6) is -0.126. The summed E-state index contributed by atoms with van der Waals surface area (Å²) in [5, 5.41) is -0.240. The maximum Gasteiger partial charge on any atom is 0.223 e. The number of benzene rings is 1. The summed E-state index contributed by atoms with van der Waals surface area (Å²) in [6.45, 7) is 1.79. The number of amides is 1. The Morgan fingerprint density at radius 3 is 2.46 bits per heavy atom. The van der Waals surface area contributed by atoms with E-state index in [1.807, 2.05) is 30.3 Å². The summed E-state index contributed by atoms with van der Waals surface area (Å²) < 4.78 is 30.6. The molecule has 0 bridgehead atoms. The van der Waals surface area contributed by atoms with Gasteiger partial charge in [0.1, 0.15) is 0 Å². The molecule has 0 aromatic heterocycles. The molecule has 0 radical (unpaired) electrons. The van der Waals surface area contributed by atoms with Crippen LogP contribution in [-0.2, 0) is 25.9 Å². The monoisotopic (exact) mass is 379 g/mol. The van der Waals surface area contributed by atoms with E-state index in [1.54, 1.807) is 4.90 Å². The quantitative estimate of drug-likeness (QED) is 0.697. The first-order valence-corrected chi connectivity index (χ1v) is 11.4. The Balaban J connectivity index is 1.61. The first kappa shape index (κ1) is 19.4. The molecule has 2 fully saturated rings. The zero-order valence-corrected chi connectivity index (χ0v) is 16.1. The van der Waals surface area contributed by atoms with Crippen LogP contribution in [0.15, 0.2) is 30.3 Å². The summed E-state index contributed by atoms with van der Waals surface area (Å²) in [5.41, 5.74) is 1.05. The molecule has 2 aliphatic rings. The molecular formula is C20H29NO4S. The normalized spacial score (nSPS) is 21.2. The van der Waals surface area contributed by atoms with Crippen LogP contribution in [0.5, 0.6) is 0 Å². The second-order valence-corrected chi connectivity index (χ2v) is 9.82. The summed E-state index contributed by atoms with van der Waals surface area (Å²) in [4.78, 5) is 14.6. The Morgan fingerprint density at radius 1 is 1.08 bits per heavy atom. The highest BCUT2D eigenvalue weighted by Gasteiger charge is 2.30. The van der Waals surface area contributed by atoms with E-state index in [4.69, 9.17) is 4.74 Å². The lowest BCUT2D eigenvalue weighted by molar-refractivity contribution is -0.133. The molecule has 1 saturated carbocycles. The molecule has 0 spiro atoms. The van der Waals surface area contributed by atoms with Crippen LogP contribution in [0.3, 0.4) is 0 Å². The number of ether oxygens (including phenoxy) is 1. The Bertz CT molecular complexity index is 677. The van der Waals surface area contributed by atoms with Crippen LogP contribution in [0.2, 0.25) is 0 Å². The third kappa shape index (κ3) is 5.30. The molecule has 1 saturated heterocycles. The van der Waals surface area contributed by atoms with Gasteiger partial charge in [0.2, 0.25) is 5.91 Å². The van der Waals surface area contributed by atoms with E-state index in [2.05, 4.69) is 0 Å². The van der Waals surface area contributed by atoms with Crippen LogP contribution in [0, 0.1) is 0 Å². The van der Waals surface area contributed by atoms with Gasteiger partial charge >= 0.3 is 0 Å². The third-order valence-electron chi connectivity index (χ3n) is 5.43. The Morgan fingerprint density at radius 2 is 1.81 bits per heavy atom. The molecule has 26 heavy (non-hydrogen) atoms. The lowest BCUT2D eigenvalue weighted by atomic mass is 10.1. The predicted molar refractivity (Wildman–Crippen MR) is 101 cm³/mol. The molecule has 0 N–H and O–H groups in total. The minimum Gasteiger partial charge on any atom is -0.376 e. The molecule has 1 aliphatic carbocycles. The summed E-state index contributed by atoms with van der Waals surface area (Å²) in [6, 6.07) is 9.84. The minimum atomic E-state index is -3.17. The maximum atomic E-state index is 12.8. The highest BCUT2D eigenvalue weighted by molar-refractivity contribution is 7.92. The van der Waals surface area contributed by atoms with Gasteiger partial charge in [-0.15, -0.1) is 0 Å². The number of carbonyl (C=O) groups excluding carboxylic acids is 1. The van der Waals surface area contributed by atoms with Gasteiger partial charge in [-0.05, 0) is 31.2 Å². The molecule has 1 aromatic rings. The van der Waals surface area contributed by atoms with Gasteiger partial charge < -0.3 is 9.64 Å². The van der Waals surface area contributed by atoms with E-state index >= 15 is 0 Å². The number of hydrogen-bond donors (Lipinski definition) is 0. The average molecular weight is 380 g/mol. The van der Waals surface area contributed by atoms with E-state index < -0.39 is 9.84 Å². The van der Waals surface area contributed by atoms with Crippen LogP contribution in [-0.4, -0.2) is 49.5 Å². The van der Waals surface area contributed by atoms with Gasteiger partial charge in [0.25, 0.3) is 0 Å². The standard InChI is InChI=1S/C20H29NO4S/c22-20(12-14-26(23,24)19-10-4-5-11-19)21(16-18-9-6-13-25-18)15-17-7-2-1-3-8-17/h1-3,7-8,18-19H,4-6,9-16H2. The van der Waals surface area contributed by atoms with Gasteiger partial charge in [0.15, 0.2) is 9.84 Å². The zero-order valence-electron chi connectivity index (χ0n) is 15.3. The van der Waals surface area contributed by atoms with E-state index in [-0.39, 0.29) is 29.4 Å². The number of sulfone groups is 1. The summed E-state index contributed by atoms with van der Waals surface area (Å²) in [7, 11) is -3.17. The Kier molecular flexibility index (Phi) is 6.70. The molecule has 1 atom stereocenters. The van der Waals surface area contributed by atoms with Crippen molar-refractivity contribution >= 4 is 15.7 Å². The van der Waals surface area contributed by atoms with Crippen molar-refractivity contribution in [1.82, 2.24) is 4.90 Å². The third-order valence-corrected chi connectivity index (χ3v) is 7.69. The van der Waals surface area contributed by atoms with Crippen LogP contribution in [0.4, 0.5) is 0 Å². The van der Waals surface area contributed by atoms with Gasteiger partial charge in [-0.1, -0.05) is 43.2 Å². The van der Waals surface area contributed by atoms with E-state index in [9.17, 15) is 13.2 Å². The molecule has 1 unspecified atom stereocenters. The van der Waals surface area contributed by atoms with Crippen LogP contribution in [0.25, 0.3) is 0 Å². The van der Waals surface area contributed by atoms with Gasteiger partial charge in [0.05, 0.1) is 17.1 Å². The van der Waals surface area contributed by atoms with E-state index in [0.717, 1.165) is 50.7 Å². The number of hydrogen-bond acceptors (Lipinski definition) is 4. The summed E-state index contributed by atoms with van der Waals surface area (Å²) >= 11 is 0. The SMILES string of the molecule is O=C(CCS(=O)(=O)C1CCCC1)N(Cc1ccccc1)CC1CCCO1. The Labute approximate surface area is 156 Å². The highest BCUT2D eigenvalue weighted by Crippen LogP contribution is 2.26. The minimum absolute atomic E-state index is 0.0344. The smallest absolute Gasteiger partial charge is 0.223 e. The Hall–Kier alpha value is -1.40. The second kappa shape index (κ2) is 9.00. The lowest BCUT2D eigenvalue weighted by Gasteiger charge is -2.26. The van der Waals surface area contributed by atoms with Gasteiger partial charge in [-0.2, -0.15) is 0 Å². The number of nitrogens with zero attached hydrogens (tertiary/aromatic N) is 1. The molecule has 144 valence electrons. The molecule has 1 aromatic carbocycles. The fourth-order valence-electron chi connectivity index (χ4n) is 3.89. The summed E-state index contributed by atoms with van der Waals surface area (Å²) in [6.07, 6.45) is 5.58. The first-order valence-electron chi connectivity index (χ1n) is 9.69. The van der Waals surface area contributed by atoms with Crippen molar-refractivity contribution in [3.05, 3.63) is 35.9 Å². The van der Waals surface area contributed by atoms with Crippen LogP contribution in [0.1, 0.15) is 50.5 Å². The molecule has 1 heterocycles. The van der Waals surface area contributed by atoms with Gasteiger partial charge in [0, 0.05) is 26.1 Å². The first-order chi connectivity index (χ1) is 12.5. The van der Waals surface area contributed by atoms with Crippen molar-refractivity contribution in [3.63, 3.8) is 0 Å². The van der Waals surface area contributed by atoms with Crippen LogP contribution >= 0.6 is 0 Å². The predicted octanol–water partition coefficient (Wildman–Crippen LogP) is 2.94. The highest BCUT2D eigenvalue weighted by atomic mass is 32.2. The maximum absolute atomic E-state index is 12.8. The molecule has 3 rings (SSSR count). The zero-order chi connectivity index (χ0) is 18.4. The lowest BCUT2D eigenvalue weighted by Crippen LogP contribution is -2.38. The van der Waals surface area contributed by atoms with E-state index in [0.29, 0.717) is 13.1 Å². The molecule has 6 heteroatoms. The van der Waals surface area contributed by atoms with Gasteiger partial charge in [-0.25, -0.2) is 8.42 Å². The van der Waals surface area contributed by atoms with Crippen molar-refractivity contribution < 1.29 is 17.9 Å². The van der Waals surface area contributed by atoms with Crippen molar-refractivity contribution in [2.24, 2.45) is 0 Å². The van der Waals surface area contributed by atoms with Crippen LogP contribution < -0.4 is 0 Å². The van der Waals surface area contributed by atoms with E-state index in [1.165, 1.54) is 0 Å². The second-order valence-electron chi connectivity index (χ2n) is 7.42. The van der Waals surface area contributed by atoms with Crippen molar-refractivity contribution in [3.8, 4) is 0 Å². The van der Waals surface area contributed by atoms with Crippen molar-refractivity contribution in [1.29, 1.82) is 0 Å². The van der Waals surface area contributed by atoms with Crippen molar-refractivity contribution in [2.75, 3.05) is 18.9 Å². The number of carbonyl (C=O) groups is 1. The molecule has 1 aliphatic heterocycles.